The molecule has 1 aromatic carbocycles. The maximum atomic E-state index is 11.8. The van der Waals surface area contributed by atoms with E-state index in [9.17, 15) is 4.79 Å². The third-order valence-corrected chi connectivity index (χ3v) is 2.41. The van der Waals surface area contributed by atoms with Gasteiger partial charge in [-0.2, -0.15) is 5.26 Å². The molecule has 1 amide bonds. The van der Waals surface area contributed by atoms with Crippen molar-refractivity contribution in [2.24, 2.45) is 0 Å². The normalized spacial score (nSPS) is 11.2. The molecule has 0 spiro atoms. The first-order valence-electron chi connectivity index (χ1n) is 6.33. The molecule has 0 aliphatic carbocycles. The van der Waals surface area contributed by atoms with E-state index in [1.807, 2.05) is 19.9 Å². The number of hydrogen-bond donors (Lipinski definition) is 2. The monoisotopic (exact) mass is 274 g/mol. The van der Waals surface area contributed by atoms with Crippen LogP contribution in [0, 0.1) is 11.3 Å². The molecule has 0 aliphatic rings. The van der Waals surface area contributed by atoms with E-state index >= 15 is 0 Å². The zero-order valence-electron chi connectivity index (χ0n) is 11.6. The highest BCUT2D eigenvalue weighted by Crippen LogP contribution is 2.12. The van der Waals surface area contributed by atoms with E-state index in [4.69, 9.17) is 15.1 Å². The van der Waals surface area contributed by atoms with Crippen LogP contribution in [0.15, 0.2) is 29.8 Å². The van der Waals surface area contributed by atoms with Crippen molar-refractivity contribution in [1.82, 2.24) is 5.32 Å². The molecule has 0 aromatic heterocycles. The lowest BCUT2D eigenvalue weighted by Crippen LogP contribution is -2.28. The van der Waals surface area contributed by atoms with E-state index in [0.29, 0.717) is 18.7 Å². The van der Waals surface area contributed by atoms with Crippen molar-refractivity contribution in [2.45, 2.75) is 20.0 Å². The van der Waals surface area contributed by atoms with Crippen molar-refractivity contribution in [3.05, 3.63) is 35.4 Å². The topological polar surface area (TPSA) is 82.3 Å². The van der Waals surface area contributed by atoms with Gasteiger partial charge in [-0.3, -0.25) is 4.79 Å². The van der Waals surface area contributed by atoms with E-state index in [1.165, 1.54) is 18.2 Å². The zero-order chi connectivity index (χ0) is 15.0. The number of phenols is 1. The number of aromatic hydroxyl groups is 1. The van der Waals surface area contributed by atoms with Gasteiger partial charge in [-0.05, 0) is 37.6 Å². The fourth-order valence-electron chi connectivity index (χ4n) is 1.44. The van der Waals surface area contributed by atoms with E-state index in [2.05, 4.69) is 5.32 Å². The van der Waals surface area contributed by atoms with Crippen LogP contribution in [0.5, 0.6) is 5.75 Å². The van der Waals surface area contributed by atoms with Gasteiger partial charge in [-0.15, -0.1) is 0 Å². The lowest BCUT2D eigenvalue weighted by atomic mass is 10.1. The number of ether oxygens (including phenoxy) is 1. The molecule has 0 aliphatic heterocycles. The SMILES string of the molecule is CC(C)OCCNC(=O)/C(C#N)=C/c1ccc(O)cc1. The Kier molecular flexibility index (Phi) is 6.27. The molecule has 5 heteroatoms. The largest absolute Gasteiger partial charge is 0.508 e. The summed E-state index contributed by atoms with van der Waals surface area (Å²) in [5.41, 5.74) is 0.688. The molecule has 0 heterocycles. The summed E-state index contributed by atoms with van der Waals surface area (Å²) < 4.78 is 5.29. The van der Waals surface area contributed by atoms with E-state index in [1.54, 1.807) is 12.1 Å². The predicted molar refractivity (Wildman–Crippen MR) is 75.8 cm³/mol. The molecular formula is C15H18N2O3. The molecule has 20 heavy (non-hydrogen) atoms. The number of nitrogens with zero attached hydrogens (tertiary/aromatic N) is 1. The molecule has 0 saturated heterocycles. The number of benzene rings is 1. The van der Waals surface area contributed by atoms with Crippen LogP contribution >= 0.6 is 0 Å². The number of nitrogens with one attached hydrogen (secondary N) is 1. The zero-order valence-corrected chi connectivity index (χ0v) is 11.6. The molecule has 2 N–H and O–H groups in total. The summed E-state index contributed by atoms with van der Waals surface area (Å²) in [6, 6.07) is 8.10. The Morgan fingerprint density at radius 3 is 2.65 bits per heavy atom. The van der Waals surface area contributed by atoms with Crippen molar-refractivity contribution in [3.63, 3.8) is 0 Å². The van der Waals surface area contributed by atoms with Crippen molar-refractivity contribution >= 4 is 12.0 Å². The minimum atomic E-state index is -0.437. The fraction of sp³-hybridized carbons (Fsp3) is 0.333. The lowest BCUT2D eigenvalue weighted by molar-refractivity contribution is -0.117. The molecule has 1 aromatic rings. The van der Waals surface area contributed by atoms with Crippen LogP contribution in [-0.2, 0) is 9.53 Å². The summed E-state index contributed by atoms with van der Waals surface area (Å²) in [4.78, 5) is 11.8. The average molecular weight is 274 g/mol. The first-order valence-corrected chi connectivity index (χ1v) is 6.33. The van der Waals surface area contributed by atoms with E-state index < -0.39 is 5.91 Å². The molecule has 0 fully saturated rings. The second-order valence-corrected chi connectivity index (χ2v) is 4.44. The number of hydrogen-bond acceptors (Lipinski definition) is 4. The van der Waals surface area contributed by atoms with E-state index in [0.717, 1.165) is 0 Å². The Morgan fingerprint density at radius 1 is 1.45 bits per heavy atom. The number of nitriles is 1. The Morgan fingerprint density at radius 2 is 2.10 bits per heavy atom. The van der Waals surface area contributed by atoms with Crippen LogP contribution < -0.4 is 5.32 Å². The fourth-order valence-corrected chi connectivity index (χ4v) is 1.44. The van der Waals surface area contributed by atoms with Crippen LogP contribution in [0.4, 0.5) is 0 Å². The minimum absolute atomic E-state index is 0.0141. The third kappa shape index (κ3) is 5.55. The number of carbonyl (C=O) groups is 1. The molecule has 106 valence electrons. The molecule has 0 radical (unpaired) electrons. The Hall–Kier alpha value is -2.32. The average Bonchev–Trinajstić information content (AvgIpc) is 2.42. The third-order valence-electron chi connectivity index (χ3n) is 2.41. The summed E-state index contributed by atoms with van der Waals surface area (Å²) in [6.07, 6.45) is 1.58. The van der Waals surface area contributed by atoms with Crippen molar-refractivity contribution < 1.29 is 14.6 Å². The van der Waals surface area contributed by atoms with Gasteiger partial charge in [-0.1, -0.05) is 12.1 Å². The van der Waals surface area contributed by atoms with Gasteiger partial charge < -0.3 is 15.2 Å². The summed E-state index contributed by atoms with van der Waals surface area (Å²) in [6.45, 7) is 4.58. The molecule has 0 bridgehead atoms. The lowest BCUT2D eigenvalue weighted by Gasteiger charge is -2.08. The summed E-state index contributed by atoms with van der Waals surface area (Å²) in [7, 11) is 0. The second kappa shape index (κ2) is 7.97. The van der Waals surface area contributed by atoms with E-state index in [-0.39, 0.29) is 17.4 Å². The first-order chi connectivity index (χ1) is 9.52. The minimum Gasteiger partial charge on any atom is -0.508 e. The van der Waals surface area contributed by atoms with Crippen LogP contribution in [0.2, 0.25) is 0 Å². The molecule has 0 saturated carbocycles. The van der Waals surface area contributed by atoms with Gasteiger partial charge in [0.25, 0.3) is 5.91 Å². The standard InChI is InChI=1S/C15H18N2O3/c1-11(2)20-8-7-17-15(19)13(10-16)9-12-3-5-14(18)6-4-12/h3-6,9,11,18H,7-8H2,1-2H3,(H,17,19)/b13-9+. The van der Waals surface area contributed by atoms with Crippen LogP contribution in [0.25, 0.3) is 6.08 Å². The maximum absolute atomic E-state index is 11.8. The smallest absolute Gasteiger partial charge is 0.262 e. The van der Waals surface area contributed by atoms with Gasteiger partial charge in [0.2, 0.25) is 0 Å². The van der Waals surface area contributed by atoms with Crippen molar-refractivity contribution in [2.75, 3.05) is 13.2 Å². The quantitative estimate of drug-likeness (QED) is 0.471. The molecular weight excluding hydrogens is 256 g/mol. The Balaban J connectivity index is 2.59. The summed E-state index contributed by atoms with van der Waals surface area (Å²) >= 11 is 0. The van der Waals surface area contributed by atoms with Gasteiger partial charge in [0, 0.05) is 6.54 Å². The van der Waals surface area contributed by atoms with Crippen LogP contribution in [0.3, 0.4) is 0 Å². The van der Waals surface area contributed by atoms with Gasteiger partial charge in [0.05, 0.1) is 12.7 Å². The van der Waals surface area contributed by atoms with Gasteiger partial charge in [0.15, 0.2) is 0 Å². The summed E-state index contributed by atoms with van der Waals surface area (Å²) in [5.74, 6) is -0.302. The van der Waals surface area contributed by atoms with Gasteiger partial charge in [0.1, 0.15) is 17.4 Å². The van der Waals surface area contributed by atoms with Crippen molar-refractivity contribution in [3.8, 4) is 11.8 Å². The number of amides is 1. The molecule has 0 unspecified atom stereocenters. The molecule has 0 atom stereocenters. The highest BCUT2D eigenvalue weighted by Gasteiger charge is 2.08. The van der Waals surface area contributed by atoms with Gasteiger partial charge >= 0.3 is 0 Å². The second-order valence-electron chi connectivity index (χ2n) is 4.44. The molecule has 5 nitrogen and oxygen atoms in total. The number of carbonyl (C=O) groups excluding carboxylic acids is 1. The first kappa shape index (κ1) is 15.7. The predicted octanol–water partition coefficient (Wildman–Crippen LogP) is 1.84. The van der Waals surface area contributed by atoms with Gasteiger partial charge in [-0.25, -0.2) is 0 Å². The van der Waals surface area contributed by atoms with Crippen LogP contribution in [0.1, 0.15) is 19.4 Å². The number of rotatable bonds is 6. The Labute approximate surface area is 118 Å². The number of phenolic OH excluding ortho intramolecular Hbond substituents is 1. The Bertz CT molecular complexity index is 513. The summed E-state index contributed by atoms with van der Waals surface area (Å²) in [5, 5.41) is 20.8. The van der Waals surface area contributed by atoms with Crippen molar-refractivity contribution in [1.29, 1.82) is 5.26 Å². The maximum Gasteiger partial charge on any atom is 0.262 e. The van der Waals surface area contributed by atoms with Crippen LogP contribution in [-0.4, -0.2) is 30.3 Å². The highest BCUT2D eigenvalue weighted by molar-refractivity contribution is 6.01. The molecule has 1 rings (SSSR count). The highest BCUT2D eigenvalue weighted by atomic mass is 16.5.